The number of rotatable bonds is 5. The molecule has 194 valence electrons. The Morgan fingerprint density at radius 1 is 1.17 bits per heavy atom. The van der Waals surface area contributed by atoms with Crippen molar-refractivity contribution in [3.05, 3.63) is 23.8 Å². The van der Waals surface area contributed by atoms with Gasteiger partial charge in [-0.05, 0) is 72.8 Å². The average molecular weight is 488 g/mol. The topological polar surface area (TPSA) is 77.5 Å². The minimum Gasteiger partial charge on any atom is -0.496 e. The van der Waals surface area contributed by atoms with Gasteiger partial charge in [0.25, 0.3) is 0 Å². The Morgan fingerprint density at radius 2 is 1.80 bits per heavy atom. The lowest BCUT2D eigenvalue weighted by molar-refractivity contribution is -0.132. The first-order chi connectivity index (χ1) is 16.1. The standard InChI is InChI=1S/C26H41BN2O6/c1-24(2,3)33-23(31)28(8)20-11-10-14-29(17-20)22(30)16-18-15-19(12-13-21(18)32-9)27-34-25(4,5)26(6,7)35-27/h12-13,15,20H,10-11,14,16-17H2,1-9H3/t20-/m1/s1. The molecule has 0 bridgehead atoms. The summed E-state index contributed by atoms with van der Waals surface area (Å²) in [7, 11) is 2.83. The number of hydrogen-bond acceptors (Lipinski definition) is 6. The van der Waals surface area contributed by atoms with Crippen molar-refractivity contribution in [1.29, 1.82) is 0 Å². The number of hydrogen-bond donors (Lipinski definition) is 0. The fourth-order valence-electron chi connectivity index (χ4n) is 4.32. The smallest absolute Gasteiger partial charge is 0.494 e. The molecule has 2 amide bonds. The molecule has 2 aliphatic heterocycles. The number of amides is 2. The third kappa shape index (κ3) is 6.30. The highest BCUT2D eigenvalue weighted by Gasteiger charge is 2.51. The van der Waals surface area contributed by atoms with Crippen molar-refractivity contribution in [2.24, 2.45) is 0 Å². The quantitative estimate of drug-likeness (QED) is 0.592. The van der Waals surface area contributed by atoms with Crippen LogP contribution < -0.4 is 10.2 Å². The molecule has 0 N–H and O–H groups in total. The summed E-state index contributed by atoms with van der Waals surface area (Å²) in [5.41, 5.74) is 0.183. The molecule has 8 nitrogen and oxygen atoms in total. The molecular formula is C26H41BN2O6. The number of methoxy groups -OCH3 is 1. The number of ether oxygens (including phenoxy) is 2. The van der Waals surface area contributed by atoms with Crippen LogP contribution in [0.4, 0.5) is 4.79 Å². The van der Waals surface area contributed by atoms with Gasteiger partial charge in [0.2, 0.25) is 5.91 Å². The van der Waals surface area contributed by atoms with Crippen molar-refractivity contribution in [2.45, 2.75) is 90.6 Å². The molecule has 2 fully saturated rings. The number of nitrogens with zero attached hydrogens (tertiary/aromatic N) is 2. The molecule has 35 heavy (non-hydrogen) atoms. The zero-order valence-electron chi connectivity index (χ0n) is 22.8. The summed E-state index contributed by atoms with van der Waals surface area (Å²) in [5.74, 6) is 0.648. The van der Waals surface area contributed by atoms with Crippen molar-refractivity contribution in [2.75, 3.05) is 27.2 Å². The summed E-state index contributed by atoms with van der Waals surface area (Å²) < 4.78 is 23.4. The molecule has 0 aliphatic carbocycles. The van der Waals surface area contributed by atoms with Crippen LogP contribution in [0.1, 0.15) is 66.9 Å². The monoisotopic (exact) mass is 488 g/mol. The molecule has 0 saturated carbocycles. The van der Waals surface area contributed by atoms with Crippen molar-refractivity contribution in [1.82, 2.24) is 9.80 Å². The summed E-state index contributed by atoms with van der Waals surface area (Å²) in [5, 5.41) is 0. The van der Waals surface area contributed by atoms with Crippen LogP contribution in [0.2, 0.25) is 0 Å². The Kier molecular flexibility index (Phi) is 7.82. The van der Waals surface area contributed by atoms with Crippen LogP contribution in [0.5, 0.6) is 5.75 Å². The predicted molar refractivity (Wildman–Crippen MR) is 136 cm³/mol. The van der Waals surface area contributed by atoms with E-state index in [0.717, 1.165) is 23.9 Å². The third-order valence-corrected chi connectivity index (χ3v) is 7.15. The van der Waals surface area contributed by atoms with E-state index >= 15 is 0 Å². The molecule has 2 aliphatic rings. The zero-order chi connectivity index (χ0) is 26.2. The van der Waals surface area contributed by atoms with Gasteiger partial charge < -0.3 is 28.6 Å². The fourth-order valence-corrected chi connectivity index (χ4v) is 4.32. The van der Waals surface area contributed by atoms with Crippen molar-refractivity contribution in [3.8, 4) is 5.75 Å². The average Bonchev–Trinajstić information content (AvgIpc) is 2.99. The van der Waals surface area contributed by atoms with Crippen LogP contribution in [-0.4, -0.2) is 79.0 Å². The first kappa shape index (κ1) is 27.3. The van der Waals surface area contributed by atoms with Gasteiger partial charge >= 0.3 is 13.2 Å². The number of carbonyl (C=O) groups excluding carboxylic acids is 2. The van der Waals surface area contributed by atoms with E-state index in [1.54, 1.807) is 19.1 Å². The maximum atomic E-state index is 13.3. The summed E-state index contributed by atoms with van der Waals surface area (Å²) >= 11 is 0. The minimum absolute atomic E-state index is 0.00310. The molecule has 0 radical (unpaired) electrons. The summed E-state index contributed by atoms with van der Waals surface area (Å²) in [6.45, 7) is 14.8. The van der Waals surface area contributed by atoms with Gasteiger partial charge in [0.05, 0.1) is 30.8 Å². The molecule has 0 spiro atoms. The van der Waals surface area contributed by atoms with E-state index in [0.29, 0.717) is 18.8 Å². The highest BCUT2D eigenvalue weighted by atomic mass is 16.7. The van der Waals surface area contributed by atoms with Gasteiger partial charge in [-0.25, -0.2) is 4.79 Å². The lowest BCUT2D eigenvalue weighted by Crippen LogP contribution is -2.51. The van der Waals surface area contributed by atoms with Crippen LogP contribution in [-0.2, 0) is 25.3 Å². The normalized spacial score (nSPS) is 21.6. The lowest BCUT2D eigenvalue weighted by atomic mass is 9.78. The second-order valence-electron chi connectivity index (χ2n) is 11.6. The zero-order valence-corrected chi connectivity index (χ0v) is 22.8. The Balaban J connectivity index is 1.71. The number of carbonyl (C=O) groups is 2. The molecule has 1 aromatic rings. The van der Waals surface area contributed by atoms with Crippen molar-refractivity contribution < 1.29 is 28.4 Å². The van der Waals surface area contributed by atoms with Gasteiger partial charge in [-0.3, -0.25) is 4.79 Å². The minimum atomic E-state index is -0.561. The summed E-state index contributed by atoms with van der Waals surface area (Å²) in [4.78, 5) is 29.3. The predicted octanol–water partition coefficient (Wildman–Crippen LogP) is 3.39. The van der Waals surface area contributed by atoms with Crippen LogP contribution in [0.3, 0.4) is 0 Å². The SMILES string of the molecule is COc1ccc(B2OC(C)(C)C(C)(C)O2)cc1CC(=O)N1CCC[C@@H](N(C)C(=O)OC(C)(C)C)C1. The second kappa shape index (κ2) is 10.0. The number of likely N-dealkylation sites (tertiary alicyclic amines) is 1. The van der Waals surface area contributed by atoms with E-state index in [4.69, 9.17) is 18.8 Å². The first-order valence-corrected chi connectivity index (χ1v) is 12.4. The van der Waals surface area contributed by atoms with Crippen molar-refractivity contribution >= 4 is 24.6 Å². The van der Waals surface area contributed by atoms with Gasteiger partial charge in [-0.1, -0.05) is 12.1 Å². The molecular weight excluding hydrogens is 447 g/mol. The van der Waals surface area contributed by atoms with Crippen LogP contribution in [0.15, 0.2) is 18.2 Å². The summed E-state index contributed by atoms with van der Waals surface area (Å²) in [6, 6.07) is 5.63. The first-order valence-electron chi connectivity index (χ1n) is 12.4. The molecule has 2 heterocycles. The van der Waals surface area contributed by atoms with E-state index in [1.807, 2.05) is 71.6 Å². The Bertz CT molecular complexity index is 926. The number of likely N-dealkylation sites (N-methyl/N-ethyl adjacent to an activating group) is 1. The summed E-state index contributed by atoms with van der Waals surface area (Å²) in [6.07, 6.45) is 1.49. The molecule has 1 atom stereocenters. The fraction of sp³-hybridized carbons (Fsp3) is 0.692. The molecule has 9 heteroatoms. The van der Waals surface area contributed by atoms with Gasteiger partial charge in [0, 0.05) is 25.7 Å². The van der Waals surface area contributed by atoms with Gasteiger partial charge in [0.1, 0.15) is 11.4 Å². The Morgan fingerprint density at radius 3 is 2.37 bits per heavy atom. The molecule has 0 aromatic heterocycles. The number of piperidine rings is 1. The molecule has 3 rings (SSSR count). The Labute approximate surface area is 210 Å². The van der Waals surface area contributed by atoms with E-state index < -0.39 is 23.9 Å². The largest absolute Gasteiger partial charge is 0.496 e. The van der Waals surface area contributed by atoms with Crippen LogP contribution >= 0.6 is 0 Å². The van der Waals surface area contributed by atoms with Crippen LogP contribution in [0.25, 0.3) is 0 Å². The van der Waals surface area contributed by atoms with E-state index in [1.165, 1.54) is 0 Å². The lowest BCUT2D eigenvalue weighted by Gasteiger charge is -2.38. The Hall–Kier alpha value is -2.26. The van der Waals surface area contributed by atoms with Crippen molar-refractivity contribution in [3.63, 3.8) is 0 Å². The van der Waals surface area contributed by atoms with E-state index in [-0.39, 0.29) is 24.5 Å². The van der Waals surface area contributed by atoms with E-state index in [2.05, 4.69) is 0 Å². The second-order valence-corrected chi connectivity index (χ2v) is 11.6. The molecule has 2 saturated heterocycles. The van der Waals surface area contributed by atoms with Crippen LogP contribution in [0, 0.1) is 0 Å². The maximum Gasteiger partial charge on any atom is 0.494 e. The highest BCUT2D eigenvalue weighted by molar-refractivity contribution is 6.62. The molecule has 0 unspecified atom stereocenters. The maximum absolute atomic E-state index is 13.3. The highest BCUT2D eigenvalue weighted by Crippen LogP contribution is 2.36. The van der Waals surface area contributed by atoms with E-state index in [9.17, 15) is 9.59 Å². The van der Waals surface area contributed by atoms with Gasteiger partial charge in [-0.2, -0.15) is 0 Å². The van der Waals surface area contributed by atoms with Gasteiger partial charge in [-0.15, -0.1) is 0 Å². The van der Waals surface area contributed by atoms with Gasteiger partial charge in [0.15, 0.2) is 0 Å². The third-order valence-electron chi connectivity index (χ3n) is 7.15. The molecule has 1 aromatic carbocycles. The number of benzene rings is 1.